The molecule has 1 N–H and O–H groups in total. The van der Waals surface area contributed by atoms with E-state index in [0.29, 0.717) is 19.0 Å². The second kappa shape index (κ2) is 8.43. The van der Waals surface area contributed by atoms with E-state index in [0.717, 1.165) is 42.9 Å². The van der Waals surface area contributed by atoms with Crippen LogP contribution in [0.2, 0.25) is 0 Å². The number of benzene rings is 2. The number of hydrogen-bond donors (Lipinski definition) is 1. The van der Waals surface area contributed by atoms with Gasteiger partial charge >= 0.3 is 6.03 Å². The number of nitrogens with one attached hydrogen (secondary N) is 1. The van der Waals surface area contributed by atoms with Gasteiger partial charge in [-0.05, 0) is 30.9 Å². The maximum Gasteiger partial charge on any atom is 0.322 e. The highest BCUT2D eigenvalue weighted by Gasteiger charge is 2.25. The van der Waals surface area contributed by atoms with Gasteiger partial charge < -0.3 is 14.8 Å². The number of hydrogen-bond acceptors (Lipinski definition) is 2. The predicted octanol–water partition coefficient (Wildman–Crippen LogP) is 4.77. The molecule has 5 nitrogen and oxygen atoms in total. The van der Waals surface area contributed by atoms with Crippen LogP contribution in [0.5, 0.6) is 0 Å². The summed E-state index contributed by atoms with van der Waals surface area (Å²) < 4.78 is 29.6. The first-order valence-corrected chi connectivity index (χ1v) is 9.68. The van der Waals surface area contributed by atoms with Crippen LogP contribution in [-0.4, -0.2) is 33.6 Å². The first-order chi connectivity index (χ1) is 14.1. The molecular weight excluding hydrogens is 374 g/mol. The van der Waals surface area contributed by atoms with Crippen molar-refractivity contribution in [1.82, 2.24) is 14.5 Å². The maximum absolute atomic E-state index is 13.7. The Morgan fingerprint density at radius 3 is 2.41 bits per heavy atom. The second-order valence-corrected chi connectivity index (χ2v) is 7.23. The molecule has 0 radical (unpaired) electrons. The van der Waals surface area contributed by atoms with Crippen molar-refractivity contribution in [2.24, 2.45) is 5.92 Å². The number of carbonyl (C=O) groups is 1. The number of likely N-dealkylation sites (tertiary alicyclic amines) is 1. The van der Waals surface area contributed by atoms with Gasteiger partial charge in [0.15, 0.2) is 0 Å². The summed E-state index contributed by atoms with van der Waals surface area (Å²) in [6, 6.07) is 13.1. The van der Waals surface area contributed by atoms with Crippen molar-refractivity contribution < 1.29 is 13.6 Å². The summed E-state index contributed by atoms with van der Waals surface area (Å²) in [6.45, 7) is 1.91. The van der Waals surface area contributed by atoms with Gasteiger partial charge in [-0.25, -0.2) is 18.6 Å². The van der Waals surface area contributed by atoms with Crippen LogP contribution in [0.3, 0.4) is 0 Å². The molecule has 0 bridgehead atoms. The van der Waals surface area contributed by atoms with Crippen LogP contribution >= 0.6 is 0 Å². The van der Waals surface area contributed by atoms with Crippen LogP contribution in [0, 0.1) is 17.6 Å². The molecule has 1 aliphatic heterocycles. The fourth-order valence-electron chi connectivity index (χ4n) is 3.70. The van der Waals surface area contributed by atoms with Crippen LogP contribution in [0.25, 0.3) is 11.4 Å². The van der Waals surface area contributed by atoms with Gasteiger partial charge in [-0.15, -0.1) is 0 Å². The molecule has 4 rings (SSSR count). The fourth-order valence-corrected chi connectivity index (χ4v) is 3.70. The number of urea groups is 1. The molecule has 29 heavy (non-hydrogen) atoms. The topological polar surface area (TPSA) is 50.2 Å². The molecule has 1 aliphatic rings. The highest BCUT2D eigenvalue weighted by atomic mass is 19.1. The number of piperidine rings is 1. The first kappa shape index (κ1) is 19.1. The third-order valence-electron chi connectivity index (χ3n) is 5.30. The number of nitrogens with zero attached hydrogens (tertiary/aromatic N) is 3. The van der Waals surface area contributed by atoms with Crippen molar-refractivity contribution in [1.29, 1.82) is 0 Å². The molecule has 150 valence electrons. The lowest BCUT2D eigenvalue weighted by Gasteiger charge is -2.32. The Hall–Kier alpha value is -3.22. The number of halogens is 2. The zero-order valence-electron chi connectivity index (χ0n) is 15.9. The summed E-state index contributed by atoms with van der Waals surface area (Å²) in [5.74, 6) is -0.217. The molecule has 1 saturated heterocycles. The van der Waals surface area contributed by atoms with Gasteiger partial charge in [0.2, 0.25) is 0 Å². The van der Waals surface area contributed by atoms with Crippen molar-refractivity contribution in [3.63, 3.8) is 0 Å². The minimum absolute atomic E-state index is 0.398. The lowest BCUT2D eigenvalue weighted by atomic mass is 9.97. The summed E-state index contributed by atoms with van der Waals surface area (Å²) in [5.41, 5.74) is 0.673. The number of para-hydroxylation sites is 1. The van der Waals surface area contributed by atoms with E-state index in [4.69, 9.17) is 0 Å². The molecule has 0 unspecified atom stereocenters. The summed E-state index contributed by atoms with van der Waals surface area (Å²) in [6.07, 6.45) is 5.41. The largest absolute Gasteiger partial charge is 0.331 e. The van der Waals surface area contributed by atoms with Crippen LogP contribution in [0.15, 0.2) is 60.9 Å². The van der Waals surface area contributed by atoms with Gasteiger partial charge in [0.1, 0.15) is 23.1 Å². The Morgan fingerprint density at radius 1 is 1.03 bits per heavy atom. The number of rotatable bonds is 4. The average Bonchev–Trinajstić information content (AvgIpc) is 3.20. The molecular formula is C22H22F2N4O. The summed E-state index contributed by atoms with van der Waals surface area (Å²) >= 11 is 0. The fraction of sp³-hybridized carbons (Fsp3) is 0.273. The van der Waals surface area contributed by atoms with Gasteiger partial charge in [0, 0.05) is 37.6 Å². The minimum Gasteiger partial charge on any atom is -0.331 e. The SMILES string of the molecule is O=C(Nc1c(F)cccc1F)N1CCC(Cn2ccnc2-c2ccccc2)CC1. The van der Waals surface area contributed by atoms with Gasteiger partial charge in [-0.2, -0.15) is 0 Å². The van der Waals surface area contributed by atoms with E-state index in [1.165, 1.54) is 6.07 Å². The molecule has 2 heterocycles. The van der Waals surface area contributed by atoms with Gasteiger partial charge in [0.05, 0.1) is 0 Å². The molecule has 2 aromatic carbocycles. The highest BCUT2D eigenvalue weighted by molar-refractivity contribution is 5.89. The Morgan fingerprint density at radius 2 is 1.72 bits per heavy atom. The van der Waals surface area contributed by atoms with Gasteiger partial charge in [0.25, 0.3) is 0 Å². The molecule has 1 fully saturated rings. The molecule has 0 atom stereocenters. The van der Waals surface area contributed by atoms with Crippen molar-refractivity contribution in [2.75, 3.05) is 18.4 Å². The monoisotopic (exact) mass is 396 g/mol. The normalized spacial score (nSPS) is 14.8. The molecule has 0 saturated carbocycles. The highest BCUT2D eigenvalue weighted by Crippen LogP contribution is 2.24. The Bertz CT molecular complexity index is 961. The molecule has 3 aromatic rings. The van der Waals surface area contributed by atoms with E-state index in [1.807, 2.05) is 36.5 Å². The van der Waals surface area contributed by atoms with E-state index >= 15 is 0 Å². The number of imidazole rings is 1. The van der Waals surface area contributed by atoms with Crippen molar-refractivity contribution in [2.45, 2.75) is 19.4 Å². The summed E-state index contributed by atoms with van der Waals surface area (Å²) in [7, 11) is 0. The third-order valence-corrected chi connectivity index (χ3v) is 5.30. The minimum atomic E-state index is -0.776. The van der Waals surface area contributed by atoms with Gasteiger partial charge in [-0.3, -0.25) is 0 Å². The first-order valence-electron chi connectivity index (χ1n) is 9.68. The molecule has 0 aliphatic carbocycles. The van der Waals surface area contributed by atoms with Crippen molar-refractivity contribution in [3.05, 3.63) is 72.6 Å². The van der Waals surface area contributed by atoms with Crippen LogP contribution < -0.4 is 5.32 Å². The lowest BCUT2D eigenvalue weighted by Crippen LogP contribution is -2.42. The van der Waals surface area contributed by atoms with Crippen LogP contribution in [0.4, 0.5) is 19.3 Å². The molecule has 1 aromatic heterocycles. The zero-order valence-corrected chi connectivity index (χ0v) is 15.9. The quantitative estimate of drug-likeness (QED) is 0.691. The summed E-state index contributed by atoms with van der Waals surface area (Å²) in [4.78, 5) is 18.5. The van der Waals surface area contributed by atoms with E-state index in [2.05, 4.69) is 14.9 Å². The predicted molar refractivity (Wildman–Crippen MR) is 107 cm³/mol. The Balaban J connectivity index is 1.35. The second-order valence-electron chi connectivity index (χ2n) is 7.23. The van der Waals surface area contributed by atoms with E-state index in [9.17, 15) is 13.6 Å². The lowest BCUT2D eigenvalue weighted by molar-refractivity contribution is 0.177. The number of anilines is 1. The van der Waals surface area contributed by atoms with E-state index in [1.54, 1.807) is 11.1 Å². The van der Waals surface area contributed by atoms with Gasteiger partial charge in [-0.1, -0.05) is 36.4 Å². The number of amides is 2. The zero-order chi connectivity index (χ0) is 20.2. The Labute approximate surface area is 168 Å². The number of carbonyl (C=O) groups excluding carboxylic acids is 1. The summed E-state index contributed by atoms with van der Waals surface area (Å²) in [5, 5.41) is 2.36. The van der Waals surface area contributed by atoms with Crippen LogP contribution in [-0.2, 0) is 6.54 Å². The standard InChI is InChI=1S/C22H22F2N4O/c23-18-7-4-8-19(24)20(18)26-22(29)27-12-9-16(10-13-27)15-28-14-11-25-21(28)17-5-2-1-3-6-17/h1-8,11,14,16H,9-10,12-13,15H2,(H,26,29). The third kappa shape index (κ3) is 4.29. The average molecular weight is 396 g/mol. The van der Waals surface area contributed by atoms with Crippen molar-refractivity contribution in [3.8, 4) is 11.4 Å². The molecule has 2 amide bonds. The molecule has 0 spiro atoms. The smallest absolute Gasteiger partial charge is 0.322 e. The maximum atomic E-state index is 13.7. The Kier molecular flexibility index (Phi) is 5.55. The molecule has 7 heteroatoms. The number of aromatic nitrogens is 2. The van der Waals surface area contributed by atoms with Crippen LogP contribution in [0.1, 0.15) is 12.8 Å². The van der Waals surface area contributed by atoms with Crippen molar-refractivity contribution >= 4 is 11.7 Å². The van der Waals surface area contributed by atoms with E-state index in [-0.39, 0.29) is 0 Å². The van der Waals surface area contributed by atoms with E-state index < -0.39 is 23.4 Å².